The van der Waals surface area contributed by atoms with Crippen molar-refractivity contribution >= 4 is 17.2 Å². The van der Waals surface area contributed by atoms with Crippen molar-refractivity contribution in [2.75, 3.05) is 7.11 Å². The van der Waals surface area contributed by atoms with Gasteiger partial charge < -0.3 is 10.1 Å². The van der Waals surface area contributed by atoms with E-state index in [2.05, 4.69) is 10.3 Å². The monoisotopic (exact) mass is 366 g/mol. The molecule has 2 aromatic carbocycles. The molecule has 3 aromatic rings. The third-order valence-electron chi connectivity index (χ3n) is 4.19. The molecule has 1 atom stereocenters. The first kappa shape index (κ1) is 18.1. The Morgan fingerprint density at radius 2 is 1.85 bits per heavy atom. The number of amides is 1. The van der Waals surface area contributed by atoms with Crippen molar-refractivity contribution in [3.8, 4) is 5.75 Å². The minimum atomic E-state index is -0.229. The molecule has 0 radical (unpaired) electrons. The molecule has 0 aliphatic rings. The predicted octanol–water partition coefficient (Wildman–Crippen LogP) is 4.22. The first-order valence-electron chi connectivity index (χ1n) is 8.48. The minimum Gasteiger partial charge on any atom is -0.497 e. The van der Waals surface area contributed by atoms with Crippen LogP contribution in [0.4, 0.5) is 0 Å². The molecule has 0 saturated heterocycles. The van der Waals surface area contributed by atoms with Gasteiger partial charge in [0.15, 0.2) is 0 Å². The molecule has 5 heteroatoms. The number of benzene rings is 2. The second-order valence-electron chi connectivity index (χ2n) is 6.11. The third-order valence-corrected chi connectivity index (χ3v) is 5.26. The number of carbonyl (C=O) groups is 1. The number of ether oxygens (including phenoxy) is 1. The van der Waals surface area contributed by atoms with Gasteiger partial charge in [0.1, 0.15) is 5.75 Å². The van der Waals surface area contributed by atoms with Gasteiger partial charge in [-0.3, -0.25) is 4.79 Å². The Balaban J connectivity index is 1.86. The van der Waals surface area contributed by atoms with Crippen LogP contribution in [0.5, 0.6) is 5.75 Å². The van der Waals surface area contributed by atoms with Crippen LogP contribution in [0.3, 0.4) is 0 Å². The van der Waals surface area contributed by atoms with Gasteiger partial charge in [0.25, 0.3) is 0 Å². The molecule has 3 rings (SSSR count). The van der Waals surface area contributed by atoms with Crippen molar-refractivity contribution in [3.63, 3.8) is 0 Å². The van der Waals surface area contributed by atoms with Gasteiger partial charge in [0, 0.05) is 4.88 Å². The number of hydrogen-bond donors (Lipinski definition) is 1. The summed E-state index contributed by atoms with van der Waals surface area (Å²) in [5.74, 6) is 0.750. The topological polar surface area (TPSA) is 51.2 Å². The van der Waals surface area contributed by atoms with Gasteiger partial charge in [-0.2, -0.15) is 0 Å². The highest BCUT2D eigenvalue weighted by molar-refractivity contribution is 7.11. The maximum atomic E-state index is 12.7. The number of aromatic nitrogens is 1. The van der Waals surface area contributed by atoms with Crippen molar-refractivity contribution in [2.45, 2.75) is 26.3 Å². The van der Waals surface area contributed by atoms with Crippen molar-refractivity contribution < 1.29 is 9.53 Å². The first-order chi connectivity index (χ1) is 12.6. The SMILES string of the molecule is COc1cccc([C@@H](NC(=O)Cc2sc(C)nc2C)c2ccccc2)c1. The molecule has 0 fully saturated rings. The van der Waals surface area contributed by atoms with Gasteiger partial charge in [0.05, 0.1) is 30.3 Å². The van der Waals surface area contributed by atoms with E-state index in [-0.39, 0.29) is 11.9 Å². The fourth-order valence-electron chi connectivity index (χ4n) is 2.92. The van der Waals surface area contributed by atoms with Crippen LogP contribution in [0.15, 0.2) is 54.6 Å². The third kappa shape index (κ3) is 4.29. The van der Waals surface area contributed by atoms with E-state index >= 15 is 0 Å². The lowest BCUT2D eigenvalue weighted by Gasteiger charge is -2.20. The summed E-state index contributed by atoms with van der Waals surface area (Å²) in [5.41, 5.74) is 2.95. The molecule has 1 amide bonds. The summed E-state index contributed by atoms with van der Waals surface area (Å²) in [7, 11) is 1.64. The second-order valence-corrected chi connectivity index (χ2v) is 7.39. The van der Waals surface area contributed by atoms with Crippen LogP contribution >= 0.6 is 11.3 Å². The summed E-state index contributed by atoms with van der Waals surface area (Å²) >= 11 is 1.58. The molecular weight excluding hydrogens is 344 g/mol. The zero-order valence-electron chi connectivity index (χ0n) is 15.2. The summed E-state index contributed by atoms with van der Waals surface area (Å²) in [5, 5.41) is 4.15. The summed E-state index contributed by atoms with van der Waals surface area (Å²) in [6, 6.07) is 17.5. The number of thiazole rings is 1. The van der Waals surface area contributed by atoms with Crippen molar-refractivity contribution in [2.24, 2.45) is 0 Å². The molecule has 0 aliphatic carbocycles. The Morgan fingerprint density at radius 3 is 2.50 bits per heavy atom. The van der Waals surface area contributed by atoms with E-state index in [1.54, 1.807) is 18.4 Å². The molecule has 134 valence electrons. The van der Waals surface area contributed by atoms with Gasteiger partial charge in [0.2, 0.25) is 5.91 Å². The minimum absolute atomic E-state index is 0.0200. The van der Waals surface area contributed by atoms with Crippen molar-refractivity contribution in [1.82, 2.24) is 10.3 Å². The lowest BCUT2D eigenvalue weighted by molar-refractivity contribution is -0.120. The van der Waals surface area contributed by atoms with Crippen LogP contribution < -0.4 is 10.1 Å². The Labute approximate surface area is 157 Å². The highest BCUT2D eigenvalue weighted by atomic mass is 32.1. The summed E-state index contributed by atoms with van der Waals surface area (Å²) in [6.45, 7) is 3.91. The van der Waals surface area contributed by atoms with Crippen LogP contribution in [0, 0.1) is 13.8 Å². The van der Waals surface area contributed by atoms with Gasteiger partial charge in [-0.1, -0.05) is 42.5 Å². The number of methoxy groups -OCH3 is 1. The van der Waals surface area contributed by atoms with Gasteiger partial charge in [-0.15, -0.1) is 11.3 Å². The zero-order valence-corrected chi connectivity index (χ0v) is 16.0. The van der Waals surface area contributed by atoms with E-state index < -0.39 is 0 Å². The number of nitrogens with one attached hydrogen (secondary N) is 1. The average Bonchev–Trinajstić information content (AvgIpc) is 2.97. The van der Waals surface area contributed by atoms with Crippen LogP contribution in [0.25, 0.3) is 0 Å². The maximum Gasteiger partial charge on any atom is 0.226 e. The van der Waals surface area contributed by atoms with Crippen LogP contribution in [0.2, 0.25) is 0 Å². The van der Waals surface area contributed by atoms with Gasteiger partial charge in [-0.25, -0.2) is 4.98 Å². The lowest BCUT2D eigenvalue weighted by atomic mass is 9.98. The Bertz CT molecular complexity index is 890. The van der Waals surface area contributed by atoms with Crippen molar-refractivity contribution in [1.29, 1.82) is 0 Å². The summed E-state index contributed by atoms with van der Waals surface area (Å²) < 4.78 is 5.34. The fourth-order valence-corrected chi connectivity index (χ4v) is 3.86. The summed E-state index contributed by atoms with van der Waals surface area (Å²) in [6.07, 6.45) is 0.338. The molecule has 0 unspecified atom stereocenters. The summed E-state index contributed by atoms with van der Waals surface area (Å²) in [4.78, 5) is 18.1. The highest BCUT2D eigenvalue weighted by Gasteiger charge is 2.19. The highest BCUT2D eigenvalue weighted by Crippen LogP contribution is 2.26. The van der Waals surface area contributed by atoms with E-state index in [9.17, 15) is 4.79 Å². The number of carbonyl (C=O) groups excluding carboxylic acids is 1. The molecule has 0 bridgehead atoms. The molecule has 0 saturated carbocycles. The van der Waals surface area contributed by atoms with Crippen molar-refractivity contribution in [3.05, 3.63) is 81.3 Å². The smallest absolute Gasteiger partial charge is 0.226 e. The second kappa shape index (κ2) is 8.15. The lowest BCUT2D eigenvalue weighted by Crippen LogP contribution is -2.30. The Kier molecular flexibility index (Phi) is 5.68. The largest absolute Gasteiger partial charge is 0.497 e. The molecule has 0 aliphatic heterocycles. The van der Waals surface area contributed by atoms with E-state index in [1.807, 2.05) is 68.4 Å². The van der Waals surface area contributed by atoms with E-state index in [4.69, 9.17) is 4.74 Å². The number of rotatable bonds is 6. The van der Waals surface area contributed by atoms with Gasteiger partial charge >= 0.3 is 0 Å². The van der Waals surface area contributed by atoms with Gasteiger partial charge in [-0.05, 0) is 37.1 Å². The van der Waals surface area contributed by atoms with Crippen LogP contribution in [0.1, 0.15) is 32.7 Å². The van der Waals surface area contributed by atoms with E-state index in [0.29, 0.717) is 6.42 Å². The molecule has 4 nitrogen and oxygen atoms in total. The van der Waals surface area contributed by atoms with Crippen LogP contribution in [-0.2, 0) is 11.2 Å². The van der Waals surface area contributed by atoms with E-state index in [1.165, 1.54) is 0 Å². The molecule has 1 aromatic heterocycles. The first-order valence-corrected chi connectivity index (χ1v) is 9.29. The van der Waals surface area contributed by atoms with Crippen LogP contribution in [-0.4, -0.2) is 18.0 Å². The Morgan fingerprint density at radius 1 is 1.12 bits per heavy atom. The molecular formula is C21H22N2O2S. The molecule has 1 heterocycles. The zero-order chi connectivity index (χ0) is 18.5. The Hall–Kier alpha value is -2.66. The quantitative estimate of drug-likeness (QED) is 0.711. The normalized spacial score (nSPS) is 11.8. The standard InChI is InChI=1S/C21H22N2O2S/c1-14-19(26-15(2)22-14)13-20(24)23-21(16-8-5-4-6-9-16)17-10-7-11-18(12-17)25-3/h4-12,21H,13H2,1-3H3,(H,23,24)/t21-/m0/s1. The molecule has 1 N–H and O–H groups in total. The average molecular weight is 366 g/mol. The molecule has 0 spiro atoms. The van der Waals surface area contributed by atoms with E-state index in [0.717, 1.165) is 32.5 Å². The number of hydrogen-bond acceptors (Lipinski definition) is 4. The maximum absolute atomic E-state index is 12.7. The fraction of sp³-hybridized carbons (Fsp3) is 0.238. The number of nitrogens with zero attached hydrogens (tertiary/aromatic N) is 1. The molecule has 26 heavy (non-hydrogen) atoms. The number of aryl methyl sites for hydroxylation is 2. The predicted molar refractivity (Wildman–Crippen MR) is 105 cm³/mol.